The number of amides is 1. The van der Waals surface area contributed by atoms with E-state index in [9.17, 15) is 4.79 Å². The molecule has 0 aliphatic carbocycles. The second kappa shape index (κ2) is 6.41. The van der Waals surface area contributed by atoms with Crippen LogP contribution in [0.2, 0.25) is 0 Å². The first-order chi connectivity index (χ1) is 11.8. The SMILES string of the molecule is O=C(NCCSc1c[nH]c2ccccc12)c1cc2ncccc2o1. The minimum absolute atomic E-state index is 0.215. The monoisotopic (exact) mass is 337 g/mol. The predicted octanol–water partition coefficient (Wildman–Crippen LogP) is 3.83. The maximum Gasteiger partial charge on any atom is 0.287 e. The molecule has 0 aliphatic heterocycles. The molecule has 0 fully saturated rings. The Kier molecular flexibility index (Phi) is 3.96. The number of furan rings is 1. The first-order valence-corrected chi connectivity index (χ1v) is 8.61. The molecule has 0 radical (unpaired) electrons. The van der Waals surface area contributed by atoms with E-state index in [1.54, 1.807) is 36.2 Å². The van der Waals surface area contributed by atoms with E-state index in [1.807, 2.05) is 18.3 Å². The van der Waals surface area contributed by atoms with E-state index in [-0.39, 0.29) is 5.91 Å². The van der Waals surface area contributed by atoms with Gasteiger partial charge in [-0.2, -0.15) is 0 Å². The van der Waals surface area contributed by atoms with Crippen LogP contribution in [0.15, 0.2) is 64.2 Å². The van der Waals surface area contributed by atoms with Crippen molar-refractivity contribution < 1.29 is 9.21 Å². The van der Waals surface area contributed by atoms with Crippen molar-refractivity contribution in [3.05, 3.63) is 60.6 Å². The van der Waals surface area contributed by atoms with E-state index in [4.69, 9.17) is 4.42 Å². The van der Waals surface area contributed by atoms with Gasteiger partial charge in [-0.05, 0) is 18.2 Å². The number of hydrogen-bond acceptors (Lipinski definition) is 4. The fraction of sp³-hybridized carbons (Fsp3) is 0.111. The van der Waals surface area contributed by atoms with Gasteiger partial charge in [0, 0.05) is 46.6 Å². The third-order valence-electron chi connectivity index (χ3n) is 3.71. The third kappa shape index (κ3) is 2.88. The molecule has 0 unspecified atom stereocenters. The number of nitrogens with one attached hydrogen (secondary N) is 2. The van der Waals surface area contributed by atoms with Gasteiger partial charge < -0.3 is 14.7 Å². The topological polar surface area (TPSA) is 70.9 Å². The minimum Gasteiger partial charge on any atom is -0.449 e. The highest BCUT2D eigenvalue weighted by molar-refractivity contribution is 7.99. The molecule has 3 aromatic heterocycles. The normalized spacial score (nSPS) is 11.2. The Balaban J connectivity index is 1.34. The zero-order valence-corrected chi connectivity index (χ0v) is 13.6. The number of hydrogen-bond donors (Lipinski definition) is 2. The van der Waals surface area contributed by atoms with Crippen LogP contribution < -0.4 is 5.32 Å². The summed E-state index contributed by atoms with van der Waals surface area (Å²) in [6.07, 6.45) is 3.68. The number of H-pyrrole nitrogens is 1. The Hall–Kier alpha value is -2.73. The van der Waals surface area contributed by atoms with Gasteiger partial charge >= 0.3 is 0 Å². The van der Waals surface area contributed by atoms with Crippen molar-refractivity contribution >= 4 is 39.7 Å². The fourth-order valence-corrected chi connectivity index (χ4v) is 3.46. The second-order valence-electron chi connectivity index (χ2n) is 5.30. The molecule has 1 amide bonds. The van der Waals surface area contributed by atoms with E-state index >= 15 is 0 Å². The predicted molar refractivity (Wildman–Crippen MR) is 95.4 cm³/mol. The molecule has 3 heterocycles. The first-order valence-electron chi connectivity index (χ1n) is 7.63. The molecule has 2 N–H and O–H groups in total. The standard InChI is InChI=1S/C18H15N3O2S/c22-18(16-10-14-15(23-16)6-3-7-19-14)20-8-9-24-17-11-21-13-5-2-1-4-12(13)17/h1-7,10-11,21H,8-9H2,(H,20,22). The number of carbonyl (C=O) groups excluding carboxylic acids is 1. The highest BCUT2D eigenvalue weighted by atomic mass is 32.2. The summed E-state index contributed by atoms with van der Waals surface area (Å²) >= 11 is 1.71. The molecule has 4 rings (SSSR count). The highest BCUT2D eigenvalue weighted by Gasteiger charge is 2.12. The van der Waals surface area contributed by atoms with Gasteiger partial charge in [0.15, 0.2) is 11.3 Å². The third-order valence-corrected chi connectivity index (χ3v) is 4.76. The summed E-state index contributed by atoms with van der Waals surface area (Å²) < 4.78 is 5.50. The van der Waals surface area contributed by atoms with Crippen LogP contribution in [0, 0.1) is 0 Å². The van der Waals surface area contributed by atoms with E-state index in [0.717, 1.165) is 11.3 Å². The lowest BCUT2D eigenvalue weighted by molar-refractivity contribution is 0.0930. The zero-order valence-electron chi connectivity index (χ0n) is 12.8. The Bertz CT molecular complexity index is 973. The van der Waals surface area contributed by atoms with Crippen LogP contribution in [0.25, 0.3) is 22.0 Å². The first kappa shape index (κ1) is 14.8. The number of benzene rings is 1. The zero-order chi connectivity index (χ0) is 16.4. The Morgan fingerprint density at radius 3 is 3.08 bits per heavy atom. The number of fused-ring (bicyclic) bond motifs is 2. The molecule has 0 atom stereocenters. The van der Waals surface area contributed by atoms with Gasteiger partial charge in [-0.15, -0.1) is 11.8 Å². The summed E-state index contributed by atoms with van der Waals surface area (Å²) in [5.74, 6) is 0.861. The number of aromatic amines is 1. The van der Waals surface area contributed by atoms with Gasteiger partial charge in [0.1, 0.15) is 5.52 Å². The van der Waals surface area contributed by atoms with Crippen molar-refractivity contribution in [1.82, 2.24) is 15.3 Å². The molecule has 4 aromatic rings. The highest BCUT2D eigenvalue weighted by Crippen LogP contribution is 2.27. The summed E-state index contributed by atoms with van der Waals surface area (Å²) in [6, 6.07) is 13.4. The number of pyridine rings is 1. The smallest absolute Gasteiger partial charge is 0.287 e. The largest absolute Gasteiger partial charge is 0.449 e. The number of carbonyl (C=O) groups is 1. The molecule has 0 aliphatic rings. The lowest BCUT2D eigenvalue weighted by Crippen LogP contribution is -2.25. The molecular weight excluding hydrogens is 322 g/mol. The number of rotatable bonds is 5. The van der Waals surface area contributed by atoms with Crippen LogP contribution in [0.4, 0.5) is 0 Å². The van der Waals surface area contributed by atoms with Crippen molar-refractivity contribution in [3.8, 4) is 0 Å². The Morgan fingerprint density at radius 2 is 2.17 bits per heavy atom. The molecule has 0 saturated carbocycles. The number of nitrogens with zero attached hydrogens (tertiary/aromatic N) is 1. The van der Waals surface area contributed by atoms with Crippen molar-refractivity contribution in [2.75, 3.05) is 12.3 Å². The molecule has 6 heteroatoms. The maximum atomic E-state index is 12.1. The van der Waals surface area contributed by atoms with Gasteiger partial charge in [0.05, 0.1) is 0 Å². The van der Waals surface area contributed by atoms with Crippen molar-refractivity contribution in [1.29, 1.82) is 0 Å². The van der Waals surface area contributed by atoms with E-state index in [0.29, 0.717) is 23.4 Å². The Labute approximate surface area is 142 Å². The summed E-state index contributed by atoms with van der Waals surface area (Å²) in [4.78, 5) is 20.7. The average Bonchev–Trinajstić information content (AvgIpc) is 3.23. The number of para-hydroxylation sites is 1. The average molecular weight is 337 g/mol. The summed E-state index contributed by atoms with van der Waals surface area (Å²) in [7, 11) is 0. The molecule has 1 aromatic carbocycles. The van der Waals surface area contributed by atoms with Crippen molar-refractivity contribution in [2.45, 2.75) is 4.90 Å². The quantitative estimate of drug-likeness (QED) is 0.429. The van der Waals surface area contributed by atoms with Gasteiger partial charge in [0.2, 0.25) is 0 Å². The molecule has 120 valence electrons. The minimum atomic E-state index is -0.215. The lowest BCUT2D eigenvalue weighted by Gasteiger charge is -2.02. The molecule has 0 spiro atoms. The fourth-order valence-electron chi connectivity index (χ4n) is 2.56. The van der Waals surface area contributed by atoms with Crippen molar-refractivity contribution in [2.24, 2.45) is 0 Å². The summed E-state index contributed by atoms with van der Waals surface area (Å²) in [5.41, 5.74) is 2.44. The van der Waals surface area contributed by atoms with Crippen LogP contribution >= 0.6 is 11.8 Å². The van der Waals surface area contributed by atoms with Crippen LogP contribution in [0.1, 0.15) is 10.6 Å². The molecule has 5 nitrogen and oxygen atoms in total. The van der Waals surface area contributed by atoms with E-state index in [2.05, 4.69) is 27.4 Å². The van der Waals surface area contributed by atoms with E-state index < -0.39 is 0 Å². The summed E-state index contributed by atoms with van der Waals surface area (Å²) in [5, 5.41) is 4.08. The number of aromatic nitrogens is 2. The maximum absolute atomic E-state index is 12.1. The van der Waals surface area contributed by atoms with Crippen LogP contribution in [0.3, 0.4) is 0 Å². The van der Waals surface area contributed by atoms with Gasteiger partial charge in [-0.1, -0.05) is 18.2 Å². The second-order valence-corrected chi connectivity index (χ2v) is 6.44. The Morgan fingerprint density at radius 1 is 1.25 bits per heavy atom. The van der Waals surface area contributed by atoms with E-state index in [1.165, 1.54) is 10.3 Å². The van der Waals surface area contributed by atoms with Gasteiger partial charge in [0.25, 0.3) is 5.91 Å². The van der Waals surface area contributed by atoms with Gasteiger partial charge in [-0.25, -0.2) is 0 Å². The number of thioether (sulfide) groups is 1. The molecule has 0 saturated heterocycles. The molecular formula is C18H15N3O2S. The van der Waals surface area contributed by atoms with Crippen molar-refractivity contribution in [3.63, 3.8) is 0 Å². The van der Waals surface area contributed by atoms with Gasteiger partial charge in [-0.3, -0.25) is 9.78 Å². The lowest BCUT2D eigenvalue weighted by atomic mass is 10.2. The molecule has 24 heavy (non-hydrogen) atoms. The molecule has 0 bridgehead atoms. The summed E-state index contributed by atoms with van der Waals surface area (Å²) in [6.45, 7) is 0.563. The van der Waals surface area contributed by atoms with Crippen LogP contribution in [0.5, 0.6) is 0 Å². The van der Waals surface area contributed by atoms with Crippen LogP contribution in [-0.2, 0) is 0 Å². The van der Waals surface area contributed by atoms with Crippen LogP contribution in [-0.4, -0.2) is 28.2 Å².